The highest BCUT2D eigenvalue weighted by atomic mass is 32.1. The number of carbonyl (C=O) groups is 3. The summed E-state index contributed by atoms with van der Waals surface area (Å²) >= 11 is 1.40. The van der Waals surface area contributed by atoms with Crippen molar-refractivity contribution in [1.29, 1.82) is 0 Å². The molecule has 0 saturated carbocycles. The highest BCUT2D eigenvalue weighted by Crippen LogP contribution is 2.37. The quantitative estimate of drug-likeness (QED) is 0.498. The lowest BCUT2D eigenvalue weighted by Crippen LogP contribution is -2.48. The molecule has 3 unspecified atom stereocenters. The summed E-state index contributed by atoms with van der Waals surface area (Å²) in [7, 11) is 0. The predicted molar refractivity (Wildman–Crippen MR) is 125 cm³/mol. The smallest absolute Gasteiger partial charge is 0.249 e. The van der Waals surface area contributed by atoms with Crippen LogP contribution in [0.15, 0.2) is 17.5 Å². The number of imide groups is 1. The van der Waals surface area contributed by atoms with E-state index in [4.69, 9.17) is 0 Å². The number of thiazole rings is 1. The number of nitrogens with one attached hydrogen (secondary N) is 1. The zero-order chi connectivity index (χ0) is 22.8. The van der Waals surface area contributed by atoms with Gasteiger partial charge in [0.05, 0.1) is 17.5 Å². The first kappa shape index (κ1) is 23.1. The van der Waals surface area contributed by atoms with E-state index in [0.717, 1.165) is 31.2 Å². The number of fused-ring (bicyclic) bond motifs is 1. The number of aromatic nitrogens is 1. The number of carbonyl (C=O) groups excluding carboxylic acids is 3. The van der Waals surface area contributed by atoms with Crippen LogP contribution in [0.2, 0.25) is 0 Å². The average Bonchev–Trinajstić information content (AvgIpc) is 3.30. The van der Waals surface area contributed by atoms with Crippen molar-refractivity contribution in [3.63, 3.8) is 0 Å². The fourth-order valence-corrected chi connectivity index (χ4v) is 5.69. The molecule has 0 aromatic carbocycles. The Labute approximate surface area is 194 Å². The van der Waals surface area contributed by atoms with E-state index in [1.54, 1.807) is 0 Å². The van der Waals surface area contributed by atoms with Crippen molar-refractivity contribution >= 4 is 34.2 Å². The SMILES string of the molecule is CC(C)CC(C(=O)Nc1nc(CN2CCC(C)CC2)cs1)N1C(=O)C2CC=CCC2C1=O. The van der Waals surface area contributed by atoms with Crippen LogP contribution in [0.5, 0.6) is 0 Å². The summed E-state index contributed by atoms with van der Waals surface area (Å²) in [5.74, 6) is -0.429. The Balaban J connectivity index is 1.43. The fraction of sp³-hybridized carbons (Fsp3) is 0.667. The number of amides is 3. The first-order valence-electron chi connectivity index (χ1n) is 11.8. The van der Waals surface area contributed by atoms with Crippen molar-refractivity contribution in [2.24, 2.45) is 23.7 Å². The molecule has 3 atom stereocenters. The molecule has 2 saturated heterocycles. The van der Waals surface area contributed by atoms with Crippen LogP contribution >= 0.6 is 11.3 Å². The number of anilines is 1. The maximum Gasteiger partial charge on any atom is 0.249 e. The van der Waals surface area contributed by atoms with Gasteiger partial charge in [0.1, 0.15) is 6.04 Å². The first-order chi connectivity index (χ1) is 15.3. The normalized spacial score (nSPS) is 25.4. The van der Waals surface area contributed by atoms with E-state index in [1.807, 2.05) is 31.4 Å². The van der Waals surface area contributed by atoms with Gasteiger partial charge in [-0.3, -0.25) is 24.2 Å². The van der Waals surface area contributed by atoms with Gasteiger partial charge in [-0.1, -0.05) is 32.9 Å². The first-order valence-corrected chi connectivity index (χ1v) is 12.7. The number of nitrogens with zero attached hydrogens (tertiary/aromatic N) is 3. The molecule has 32 heavy (non-hydrogen) atoms. The molecule has 1 aromatic rings. The van der Waals surface area contributed by atoms with Crippen molar-refractivity contribution < 1.29 is 14.4 Å². The van der Waals surface area contributed by atoms with Crippen LogP contribution in [0.3, 0.4) is 0 Å². The number of hydrogen-bond donors (Lipinski definition) is 1. The topological polar surface area (TPSA) is 82.6 Å². The summed E-state index contributed by atoms with van der Waals surface area (Å²) in [6, 6.07) is -0.795. The third-order valence-electron chi connectivity index (χ3n) is 6.89. The molecule has 1 N–H and O–H groups in total. The summed E-state index contributed by atoms with van der Waals surface area (Å²) < 4.78 is 0. The van der Waals surface area contributed by atoms with Crippen molar-refractivity contribution in [3.05, 3.63) is 23.2 Å². The van der Waals surface area contributed by atoms with E-state index in [2.05, 4.69) is 22.1 Å². The van der Waals surface area contributed by atoms with Crippen molar-refractivity contribution in [1.82, 2.24) is 14.8 Å². The van der Waals surface area contributed by atoms with Gasteiger partial charge in [0.15, 0.2) is 5.13 Å². The van der Waals surface area contributed by atoms with Crippen LogP contribution in [-0.2, 0) is 20.9 Å². The lowest BCUT2D eigenvalue weighted by molar-refractivity contribution is -0.147. The Morgan fingerprint density at radius 3 is 2.38 bits per heavy atom. The van der Waals surface area contributed by atoms with Crippen LogP contribution in [0.1, 0.15) is 58.6 Å². The Bertz CT molecular complexity index is 862. The lowest BCUT2D eigenvalue weighted by Gasteiger charge is -2.29. The average molecular weight is 459 g/mol. The standard InChI is InChI=1S/C24H34N4O3S/c1-15(2)12-20(28-22(30)18-6-4-5-7-19(18)23(28)31)21(29)26-24-25-17(14-32-24)13-27-10-8-16(3)9-11-27/h4-5,14-16,18-20H,6-13H2,1-3H3,(H,25,26,29). The second-order valence-corrected chi connectivity index (χ2v) is 10.8. The molecule has 2 fully saturated rings. The van der Waals surface area contributed by atoms with Crippen LogP contribution in [0, 0.1) is 23.7 Å². The molecule has 3 aliphatic rings. The molecule has 0 radical (unpaired) electrons. The van der Waals surface area contributed by atoms with E-state index in [-0.39, 0.29) is 35.5 Å². The van der Waals surface area contributed by atoms with Gasteiger partial charge in [0, 0.05) is 11.9 Å². The highest BCUT2D eigenvalue weighted by molar-refractivity contribution is 7.13. The fourth-order valence-electron chi connectivity index (χ4n) is 4.98. The molecule has 7 nitrogen and oxygen atoms in total. The Morgan fingerprint density at radius 1 is 1.16 bits per heavy atom. The largest absolute Gasteiger partial charge is 0.300 e. The summed E-state index contributed by atoms with van der Waals surface area (Å²) in [5, 5.41) is 5.41. The molecular formula is C24H34N4O3S. The minimum atomic E-state index is -0.795. The lowest BCUT2D eigenvalue weighted by atomic mass is 9.85. The minimum absolute atomic E-state index is 0.167. The molecule has 0 bridgehead atoms. The number of piperidine rings is 1. The molecule has 174 valence electrons. The summed E-state index contributed by atoms with van der Waals surface area (Å²) in [5.41, 5.74) is 0.950. The van der Waals surface area contributed by atoms with Gasteiger partial charge in [0.25, 0.3) is 0 Å². The Hall–Kier alpha value is -2.06. The number of hydrogen-bond acceptors (Lipinski definition) is 6. The van der Waals surface area contributed by atoms with E-state index < -0.39 is 6.04 Å². The molecule has 8 heteroatoms. The van der Waals surface area contributed by atoms with Gasteiger partial charge in [-0.2, -0.15) is 0 Å². The van der Waals surface area contributed by atoms with E-state index in [9.17, 15) is 14.4 Å². The van der Waals surface area contributed by atoms with Gasteiger partial charge < -0.3 is 5.32 Å². The maximum atomic E-state index is 13.3. The highest BCUT2D eigenvalue weighted by Gasteiger charge is 2.51. The molecule has 3 amide bonds. The summed E-state index contributed by atoms with van der Waals surface area (Å²) in [6.45, 7) is 9.23. The summed E-state index contributed by atoms with van der Waals surface area (Å²) in [6.07, 6.45) is 7.95. The van der Waals surface area contributed by atoms with Crippen LogP contribution in [0.25, 0.3) is 0 Å². The van der Waals surface area contributed by atoms with Gasteiger partial charge in [0.2, 0.25) is 17.7 Å². The van der Waals surface area contributed by atoms with Gasteiger partial charge in [-0.05, 0) is 57.0 Å². The van der Waals surface area contributed by atoms with E-state index in [0.29, 0.717) is 24.4 Å². The minimum Gasteiger partial charge on any atom is -0.300 e. The monoisotopic (exact) mass is 458 g/mol. The van der Waals surface area contributed by atoms with Crippen molar-refractivity contribution in [2.45, 2.75) is 65.5 Å². The van der Waals surface area contributed by atoms with Crippen molar-refractivity contribution in [3.8, 4) is 0 Å². The van der Waals surface area contributed by atoms with E-state index >= 15 is 0 Å². The summed E-state index contributed by atoms with van der Waals surface area (Å²) in [4.78, 5) is 47.6. The molecule has 2 aliphatic heterocycles. The third-order valence-corrected chi connectivity index (χ3v) is 7.70. The molecule has 4 rings (SSSR count). The molecule has 1 aliphatic carbocycles. The third kappa shape index (κ3) is 4.96. The second-order valence-electron chi connectivity index (χ2n) is 9.94. The Kier molecular flexibility index (Phi) is 7.10. The zero-order valence-electron chi connectivity index (χ0n) is 19.3. The molecular weight excluding hydrogens is 424 g/mol. The van der Waals surface area contributed by atoms with Gasteiger partial charge in [-0.15, -0.1) is 11.3 Å². The Morgan fingerprint density at radius 2 is 1.78 bits per heavy atom. The second kappa shape index (κ2) is 9.83. The van der Waals surface area contributed by atoms with Crippen molar-refractivity contribution in [2.75, 3.05) is 18.4 Å². The van der Waals surface area contributed by atoms with Gasteiger partial charge >= 0.3 is 0 Å². The number of rotatable bonds is 7. The number of likely N-dealkylation sites (tertiary alicyclic amines) is 2. The van der Waals surface area contributed by atoms with Crippen LogP contribution in [-0.4, -0.2) is 51.6 Å². The van der Waals surface area contributed by atoms with Crippen LogP contribution in [0.4, 0.5) is 5.13 Å². The van der Waals surface area contributed by atoms with Gasteiger partial charge in [-0.25, -0.2) is 4.98 Å². The zero-order valence-corrected chi connectivity index (χ0v) is 20.1. The van der Waals surface area contributed by atoms with E-state index in [1.165, 1.54) is 29.1 Å². The molecule has 0 spiro atoms. The number of allylic oxidation sites excluding steroid dienone is 2. The van der Waals surface area contributed by atoms with Crippen LogP contribution < -0.4 is 5.32 Å². The predicted octanol–water partition coefficient (Wildman–Crippen LogP) is 3.68. The molecule has 3 heterocycles. The molecule has 1 aromatic heterocycles. The maximum absolute atomic E-state index is 13.3.